The maximum absolute atomic E-state index is 6.71. The number of benzene rings is 1. The number of fused-ring (bicyclic) bond motifs is 4. The van der Waals surface area contributed by atoms with Gasteiger partial charge in [-0.25, -0.2) is 0 Å². The third-order valence-electron chi connectivity index (χ3n) is 6.23. The maximum atomic E-state index is 6.71. The summed E-state index contributed by atoms with van der Waals surface area (Å²) in [5.74, 6) is 1.82. The van der Waals surface area contributed by atoms with Gasteiger partial charge in [0.1, 0.15) is 11.3 Å². The summed E-state index contributed by atoms with van der Waals surface area (Å²) in [6, 6.07) is 4.18. The summed E-state index contributed by atoms with van der Waals surface area (Å²) in [4.78, 5) is 4.55. The summed E-state index contributed by atoms with van der Waals surface area (Å²) in [6.45, 7) is 7.09. The lowest BCUT2D eigenvalue weighted by Crippen LogP contribution is -2.48. The number of furan rings is 1. The normalized spacial score (nSPS) is 18.3. The standard InChI is InChI=1S/C23H33ClN4O/c1-16-25-21-19(24)14-17-13-18(15-28(4)12-8-11-27(2)3)29-22(17)20(21)23(26-16)9-6-5-7-10-23/h13-14,25-26H,1,5-12,15H2,2-4H3. The van der Waals surface area contributed by atoms with Crippen LogP contribution in [0.25, 0.3) is 11.0 Å². The number of hydrogen-bond acceptors (Lipinski definition) is 5. The quantitative estimate of drug-likeness (QED) is 0.684. The Morgan fingerprint density at radius 2 is 1.90 bits per heavy atom. The fourth-order valence-corrected chi connectivity index (χ4v) is 5.18. The summed E-state index contributed by atoms with van der Waals surface area (Å²) in [5, 5.41) is 8.86. The first kappa shape index (κ1) is 20.6. The average molecular weight is 417 g/mol. The molecule has 4 rings (SSSR count). The Labute approximate surface area is 179 Å². The highest BCUT2D eigenvalue weighted by molar-refractivity contribution is 6.34. The largest absolute Gasteiger partial charge is 0.459 e. The topological polar surface area (TPSA) is 43.7 Å². The van der Waals surface area contributed by atoms with E-state index in [9.17, 15) is 0 Å². The van der Waals surface area contributed by atoms with E-state index in [1.54, 1.807) is 0 Å². The van der Waals surface area contributed by atoms with Gasteiger partial charge in [0, 0.05) is 10.9 Å². The average Bonchev–Trinajstić information content (AvgIpc) is 3.03. The lowest BCUT2D eigenvalue weighted by molar-refractivity contribution is 0.248. The van der Waals surface area contributed by atoms with Crippen LogP contribution in [0.5, 0.6) is 0 Å². The molecule has 5 nitrogen and oxygen atoms in total. The van der Waals surface area contributed by atoms with Gasteiger partial charge in [-0.05, 0) is 65.6 Å². The van der Waals surface area contributed by atoms with Gasteiger partial charge in [-0.15, -0.1) is 0 Å². The van der Waals surface area contributed by atoms with Gasteiger partial charge >= 0.3 is 0 Å². The van der Waals surface area contributed by atoms with Crippen LogP contribution in [0.2, 0.25) is 5.02 Å². The van der Waals surface area contributed by atoms with Gasteiger partial charge in [-0.2, -0.15) is 0 Å². The minimum atomic E-state index is -0.133. The van der Waals surface area contributed by atoms with Gasteiger partial charge in [-0.3, -0.25) is 4.90 Å². The molecule has 1 aliphatic carbocycles. The van der Waals surface area contributed by atoms with Crippen molar-refractivity contribution in [2.75, 3.05) is 39.5 Å². The second kappa shape index (κ2) is 8.21. The highest BCUT2D eigenvalue weighted by Gasteiger charge is 2.42. The van der Waals surface area contributed by atoms with Crippen LogP contribution in [0.1, 0.15) is 49.8 Å². The molecule has 0 atom stereocenters. The van der Waals surface area contributed by atoms with Crippen molar-refractivity contribution in [3.8, 4) is 0 Å². The first-order valence-corrected chi connectivity index (χ1v) is 11.1. The van der Waals surface area contributed by atoms with Crippen LogP contribution >= 0.6 is 11.6 Å². The fraction of sp³-hybridized carbons (Fsp3) is 0.565. The molecule has 2 aliphatic rings. The van der Waals surface area contributed by atoms with Crippen molar-refractivity contribution in [1.82, 2.24) is 15.1 Å². The molecule has 1 aliphatic heterocycles. The zero-order valence-electron chi connectivity index (χ0n) is 17.9. The molecular formula is C23H33ClN4O. The predicted molar refractivity (Wildman–Crippen MR) is 121 cm³/mol. The molecule has 0 radical (unpaired) electrons. The molecule has 0 bridgehead atoms. The summed E-state index contributed by atoms with van der Waals surface area (Å²) < 4.78 is 6.46. The number of hydrogen-bond donors (Lipinski definition) is 2. The van der Waals surface area contributed by atoms with Crippen LogP contribution in [0.3, 0.4) is 0 Å². The summed E-state index contributed by atoms with van der Waals surface area (Å²) >= 11 is 6.71. The van der Waals surface area contributed by atoms with E-state index >= 15 is 0 Å². The van der Waals surface area contributed by atoms with E-state index in [0.29, 0.717) is 0 Å². The molecule has 2 N–H and O–H groups in total. The van der Waals surface area contributed by atoms with Crippen molar-refractivity contribution in [3.05, 3.63) is 40.9 Å². The van der Waals surface area contributed by atoms with Crippen molar-refractivity contribution in [1.29, 1.82) is 0 Å². The lowest BCUT2D eigenvalue weighted by atomic mass is 9.74. The molecule has 1 aromatic heterocycles. The molecule has 2 aromatic rings. The fourth-order valence-electron chi connectivity index (χ4n) is 4.93. The van der Waals surface area contributed by atoms with E-state index in [-0.39, 0.29) is 5.54 Å². The summed E-state index contributed by atoms with van der Waals surface area (Å²) in [7, 11) is 6.38. The summed E-state index contributed by atoms with van der Waals surface area (Å²) in [5.41, 5.74) is 2.99. The van der Waals surface area contributed by atoms with Gasteiger partial charge in [0.05, 0.1) is 28.6 Å². The second-order valence-electron chi connectivity index (χ2n) is 9.01. The van der Waals surface area contributed by atoms with Crippen molar-refractivity contribution in [2.45, 2.75) is 50.6 Å². The van der Waals surface area contributed by atoms with Crippen molar-refractivity contribution in [3.63, 3.8) is 0 Å². The van der Waals surface area contributed by atoms with Crippen LogP contribution in [-0.4, -0.2) is 44.0 Å². The number of nitrogens with zero attached hydrogens (tertiary/aromatic N) is 2. The van der Waals surface area contributed by atoms with Crippen LogP contribution in [0.4, 0.5) is 5.69 Å². The highest BCUT2D eigenvalue weighted by Crippen LogP contribution is 2.49. The molecule has 2 heterocycles. The molecule has 0 amide bonds. The van der Waals surface area contributed by atoms with Crippen LogP contribution in [0, 0.1) is 0 Å². The van der Waals surface area contributed by atoms with Crippen molar-refractivity contribution >= 4 is 28.3 Å². The van der Waals surface area contributed by atoms with E-state index < -0.39 is 0 Å². The van der Waals surface area contributed by atoms with E-state index in [1.807, 2.05) is 6.07 Å². The molecule has 1 saturated carbocycles. The Hall–Kier alpha value is -1.69. The summed E-state index contributed by atoms with van der Waals surface area (Å²) in [6.07, 6.45) is 6.99. The Morgan fingerprint density at radius 3 is 2.62 bits per heavy atom. The Bertz CT molecular complexity index is 898. The molecule has 1 aromatic carbocycles. The zero-order chi connectivity index (χ0) is 20.6. The zero-order valence-corrected chi connectivity index (χ0v) is 18.7. The van der Waals surface area contributed by atoms with Gasteiger partial charge in [-0.1, -0.05) is 37.4 Å². The third-order valence-corrected chi connectivity index (χ3v) is 6.53. The molecule has 0 saturated heterocycles. The molecule has 29 heavy (non-hydrogen) atoms. The van der Waals surface area contributed by atoms with Gasteiger partial charge in [0.25, 0.3) is 0 Å². The number of anilines is 1. The lowest BCUT2D eigenvalue weighted by Gasteiger charge is -2.44. The first-order chi connectivity index (χ1) is 13.9. The van der Waals surface area contributed by atoms with Gasteiger partial charge in [0.2, 0.25) is 0 Å². The number of nitrogens with one attached hydrogen (secondary N) is 2. The second-order valence-corrected chi connectivity index (χ2v) is 9.41. The monoisotopic (exact) mass is 416 g/mol. The number of rotatable bonds is 6. The molecule has 158 valence electrons. The van der Waals surface area contributed by atoms with Crippen LogP contribution < -0.4 is 10.6 Å². The number of halogens is 1. The van der Waals surface area contributed by atoms with Gasteiger partial charge in [0.15, 0.2) is 0 Å². The Kier molecular flexibility index (Phi) is 5.83. The molecule has 1 spiro atoms. The van der Waals surface area contributed by atoms with Gasteiger partial charge < -0.3 is 20.0 Å². The Balaban J connectivity index is 1.67. The third kappa shape index (κ3) is 4.14. The van der Waals surface area contributed by atoms with E-state index in [2.05, 4.69) is 54.2 Å². The molecular weight excluding hydrogens is 384 g/mol. The maximum Gasteiger partial charge on any atom is 0.142 e. The van der Waals surface area contributed by atoms with E-state index in [4.69, 9.17) is 16.0 Å². The molecule has 0 unspecified atom stereocenters. The van der Waals surface area contributed by atoms with E-state index in [1.165, 1.54) is 24.8 Å². The highest BCUT2D eigenvalue weighted by atomic mass is 35.5. The van der Waals surface area contributed by atoms with E-state index in [0.717, 1.165) is 72.2 Å². The minimum absolute atomic E-state index is 0.133. The predicted octanol–water partition coefficient (Wildman–Crippen LogP) is 5.12. The molecule has 1 fully saturated rings. The van der Waals surface area contributed by atoms with Crippen LogP contribution in [-0.2, 0) is 12.1 Å². The molecule has 6 heteroatoms. The first-order valence-electron chi connectivity index (χ1n) is 10.7. The van der Waals surface area contributed by atoms with Crippen molar-refractivity contribution < 1.29 is 4.42 Å². The van der Waals surface area contributed by atoms with Crippen molar-refractivity contribution in [2.24, 2.45) is 0 Å². The minimum Gasteiger partial charge on any atom is -0.459 e. The Morgan fingerprint density at radius 1 is 1.14 bits per heavy atom. The SMILES string of the molecule is C=C1Nc2c(Cl)cc3cc(CN(C)CCCN(C)C)oc3c2C2(CCCCC2)N1. The smallest absolute Gasteiger partial charge is 0.142 e. The van der Waals surface area contributed by atoms with Crippen LogP contribution in [0.15, 0.2) is 28.9 Å².